The van der Waals surface area contributed by atoms with E-state index in [0.717, 1.165) is 13.2 Å². The molecule has 1 aliphatic heterocycles. The van der Waals surface area contributed by atoms with Crippen molar-refractivity contribution in [2.75, 3.05) is 20.3 Å². The highest BCUT2D eigenvalue weighted by molar-refractivity contribution is 4.96. The molecule has 1 unspecified atom stereocenters. The topological polar surface area (TPSA) is 30.5 Å². The highest BCUT2D eigenvalue weighted by atomic mass is 16.5. The predicted octanol–water partition coefficient (Wildman–Crippen LogP) is 2.64. The molecule has 3 heteroatoms. The van der Waals surface area contributed by atoms with Crippen molar-refractivity contribution >= 4 is 0 Å². The lowest BCUT2D eigenvalue weighted by Crippen LogP contribution is -2.53. The molecule has 1 atom stereocenters. The van der Waals surface area contributed by atoms with Crippen molar-refractivity contribution in [3.63, 3.8) is 0 Å². The van der Waals surface area contributed by atoms with Gasteiger partial charge in [-0.3, -0.25) is 0 Å². The fourth-order valence-electron chi connectivity index (χ4n) is 3.92. The maximum atomic E-state index is 6.08. The van der Waals surface area contributed by atoms with Gasteiger partial charge >= 0.3 is 0 Å². The molecule has 1 saturated heterocycles. The zero-order valence-corrected chi connectivity index (χ0v) is 11.7. The van der Waals surface area contributed by atoms with Crippen molar-refractivity contribution in [1.29, 1.82) is 0 Å². The van der Waals surface area contributed by atoms with Crippen molar-refractivity contribution in [3.05, 3.63) is 0 Å². The molecule has 1 heterocycles. The number of ether oxygens (including phenoxy) is 2. The van der Waals surface area contributed by atoms with Crippen LogP contribution in [0, 0.1) is 0 Å². The minimum atomic E-state index is 0.154. The second-order valence-electron chi connectivity index (χ2n) is 6.55. The molecule has 3 rings (SSSR count). The monoisotopic (exact) mass is 253 g/mol. The van der Waals surface area contributed by atoms with Crippen LogP contribution in [0.4, 0.5) is 0 Å². The van der Waals surface area contributed by atoms with Gasteiger partial charge in [-0.1, -0.05) is 12.8 Å². The minimum absolute atomic E-state index is 0.154. The predicted molar refractivity (Wildman–Crippen MR) is 71.8 cm³/mol. The number of rotatable bonds is 4. The molecule has 2 saturated carbocycles. The maximum Gasteiger partial charge on any atom is 0.0802 e. The van der Waals surface area contributed by atoms with Gasteiger partial charge < -0.3 is 14.8 Å². The summed E-state index contributed by atoms with van der Waals surface area (Å²) >= 11 is 0. The summed E-state index contributed by atoms with van der Waals surface area (Å²) in [6.07, 6.45) is 11.4. The normalized spacial score (nSPS) is 33.5. The fourth-order valence-corrected chi connectivity index (χ4v) is 3.92. The molecule has 0 bridgehead atoms. The Bertz CT molecular complexity index is 277. The van der Waals surface area contributed by atoms with E-state index in [-0.39, 0.29) is 11.2 Å². The number of hydrogen-bond acceptors (Lipinski definition) is 3. The van der Waals surface area contributed by atoms with Crippen molar-refractivity contribution in [2.24, 2.45) is 0 Å². The molecule has 0 amide bonds. The summed E-state index contributed by atoms with van der Waals surface area (Å²) in [5, 5.41) is 3.76. The van der Waals surface area contributed by atoms with Crippen molar-refractivity contribution in [1.82, 2.24) is 5.32 Å². The van der Waals surface area contributed by atoms with Gasteiger partial charge in [0.15, 0.2) is 0 Å². The van der Waals surface area contributed by atoms with Gasteiger partial charge in [0.25, 0.3) is 0 Å². The Hall–Kier alpha value is -0.120. The summed E-state index contributed by atoms with van der Waals surface area (Å²) in [4.78, 5) is 0. The van der Waals surface area contributed by atoms with Crippen LogP contribution in [0.15, 0.2) is 0 Å². The van der Waals surface area contributed by atoms with E-state index in [9.17, 15) is 0 Å². The first-order chi connectivity index (χ1) is 8.76. The summed E-state index contributed by atoms with van der Waals surface area (Å²) in [5.74, 6) is 0. The van der Waals surface area contributed by atoms with Gasteiger partial charge in [0.1, 0.15) is 0 Å². The first-order valence-electron chi connectivity index (χ1n) is 7.69. The number of methoxy groups -OCH3 is 1. The first kappa shape index (κ1) is 12.9. The SMILES string of the molecule is COC1(CNC2CCOC3(CCCC3)C2)CCC1. The van der Waals surface area contributed by atoms with E-state index in [1.54, 1.807) is 0 Å². The number of nitrogens with one attached hydrogen (secondary N) is 1. The Morgan fingerprint density at radius 3 is 2.56 bits per heavy atom. The third-order valence-corrected chi connectivity index (χ3v) is 5.42. The van der Waals surface area contributed by atoms with Crippen LogP contribution in [0.2, 0.25) is 0 Å². The van der Waals surface area contributed by atoms with Crippen molar-refractivity contribution < 1.29 is 9.47 Å². The molecule has 3 fully saturated rings. The maximum absolute atomic E-state index is 6.08. The van der Waals surface area contributed by atoms with Crippen LogP contribution in [-0.2, 0) is 9.47 Å². The van der Waals surface area contributed by atoms with Gasteiger partial charge in [-0.25, -0.2) is 0 Å². The minimum Gasteiger partial charge on any atom is -0.377 e. The van der Waals surface area contributed by atoms with E-state index in [1.807, 2.05) is 7.11 Å². The van der Waals surface area contributed by atoms with Crippen LogP contribution < -0.4 is 5.32 Å². The molecule has 0 aromatic carbocycles. The van der Waals surface area contributed by atoms with E-state index < -0.39 is 0 Å². The second kappa shape index (κ2) is 5.10. The average Bonchev–Trinajstić information content (AvgIpc) is 2.77. The van der Waals surface area contributed by atoms with Gasteiger partial charge in [0.05, 0.1) is 11.2 Å². The van der Waals surface area contributed by atoms with Crippen LogP contribution in [0.25, 0.3) is 0 Å². The zero-order valence-electron chi connectivity index (χ0n) is 11.7. The van der Waals surface area contributed by atoms with Gasteiger partial charge in [0.2, 0.25) is 0 Å². The van der Waals surface area contributed by atoms with E-state index >= 15 is 0 Å². The molecular weight excluding hydrogens is 226 g/mol. The molecular formula is C15H27NO2. The summed E-state index contributed by atoms with van der Waals surface area (Å²) < 4.78 is 11.8. The smallest absolute Gasteiger partial charge is 0.0802 e. The summed E-state index contributed by atoms with van der Waals surface area (Å²) in [6.45, 7) is 1.97. The van der Waals surface area contributed by atoms with E-state index in [0.29, 0.717) is 6.04 Å². The van der Waals surface area contributed by atoms with E-state index in [1.165, 1.54) is 57.8 Å². The lowest BCUT2D eigenvalue weighted by atomic mass is 9.79. The summed E-state index contributed by atoms with van der Waals surface area (Å²) in [7, 11) is 1.86. The zero-order chi connectivity index (χ0) is 12.5. The van der Waals surface area contributed by atoms with Crippen LogP contribution >= 0.6 is 0 Å². The lowest BCUT2D eigenvalue weighted by Gasteiger charge is -2.44. The molecule has 104 valence electrons. The second-order valence-corrected chi connectivity index (χ2v) is 6.55. The Labute approximate surface area is 111 Å². The van der Waals surface area contributed by atoms with Gasteiger partial charge in [-0.2, -0.15) is 0 Å². The van der Waals surface area contributed by atoms with E-state index in [2.05, 4.69) is 5.32 Å². The van der Waals surface area contributed by atoms with Crippen LogP contribution in [0.1, 0.15) is 57.8 Å². The van der Waals surface area contributed by atoms with Crippen molar-refractivity contribution in [2.45, 2.75) is 75.0 Å². The Balaban J connectivity index is 1.50. The van der Waals surface area contributed by atoms with Crippen LogP contribution in [0.5, 0.6) is 0 Å². The molecule has 3 aliphatic rings. The van der Waals surface area contributed by atoms with E-state index in [4.69, 9.17) is 9.47 Å². The highest BCUT2D eigenvalue weighted by Gasteiger charge is 2.41. The Morgan fingerprint density at radius 1 is 1.17 bits per heavy atom. The third kappa shape index (κ3) is 2.45. The molecule has 1 N–H and O–H groups in total. The fraction of sp³-hybridized carbons (Fsp3) is 1.00. The molecule has 3 nitrogen and oxygen atoms in total. The first-order valence-corrected chi connectivity index (χ1v) is 7.69. The van der Waals surface area contributed by atoms with Gasteiger partial charge in [-0.05, 0) is 44.9 Å². The van der Waals surface area contributed by atoms with Crippen molar-refractivity contribution in [3.8, 4) is 0 Å². The lowest BCUT2D eigenvalue weighted by molar-refractivity contribution is -0.0960. The molecule has 1 spiro atoms. The third-order valence-electron chi connectivity index (χ3n) is 5.42. The molecule has 0 radical (unpaired) electrons. The molecule has 18 heavy (non-hydrogen) atoms. The quantitative estimate of drug-likeness (QED) is 0.835. The molecule has 2 aliphatic carbocycles. The summed E-state index contributed by atoms with van der Waals surface area (Å²) in [5.41, 5.74) is 0.386. The largest absolute Gasteiger partial charge is 0.377 e. The van der Waals surface area contributed by atoms with Crippen LogP contribution in [-0.4, -0.2) is 37.5 Å². The Morgan fingerprint density at radius 2 is 1.94 bits per heavy atom. The Kier molecular flexibility index (Phi) is 3.65. The highest BCUT2D eigenvalue weighted by Crippen LogP contribution is 2.40. The summed E-state index contributed by atoms with van der Waals surface area (Å²) in [6, 6.07) is 0.643. The van der Waals surface area contributed by atoms with Crippen LogP contribution in [0.3, 0.4) is 0 Å². The standard InChI is InChI=1S/C15H27NO2/c1-17-15(8-4-9-15)12-16-13-5-10-18-14(11-13)6-2-3-7-14/h13,16H,2-12H2,1H3. The molecule has 0 aromatic heterocycles. The van der Waals surface area contributed by atoms with Gasteiger partial charge in [-0.15, -0.1) is 0 Å². The number of hydrogen-bond donors (Lipinski definition) is 1. The average molecular weight is 253 g/mol. The van der Waals surface area contributed by atoms with Gasteiger partial charge in [0, 0.05) is 26.3 Å². The molecule has 0 aromatic rings.